The maximum Gasteiger partial charge on any atom is 0.414 e. The summed E-state index contributed by atoms with van der Waals surface area (Å²) in [4.78, 5) is 38.4. The van der Waals surface area contributed by atoms with Crippen LogP contribution in [0.25, 0.3) is 0 Å². The Morgan fingerprint density at radius 1 is 0.962 bits per heavy atom. The van der Waals surface area contributed by atoms with Crippen molar-refractivity contribution >= 4 is 27.7 Å². The molecule has 0 spiro atoms. The SMILES string of the molecule is CN(C)C(=O)Oc1cccc2c1C(=O)c1cccc(S(N)(=O)=O)c1C2=O. The number of amides is 1. The smallest absolute Gasteiger partial charge is 0.409 e. The monoisotopic (exact) mass is 374 g/mol. The molecule has 0 unspecified atom stereocenters. The van der Waals surface area contributed by atoms with Crippen molar-refractivity contribution in [2.75, 3.05) is 14.1 Å². The first-order valence-corrected chi connectivity index (χ1v) is 8.95. The maximum absolute atomic E-state index is 12.9. The Morgan fingerprint density at radius 2 is 1.50 bits per heavy atom. The van der Waals surface area contributed by atoms with Crippen LogP contribution in [-0.4, -0.2) is 45.1 Å². The lowest BCUT2D eigenvalue weighted by molar-refractivity contribution is 0.0973. The number of fused-ring (bicyclic) bond motifs is 2. The molecule has 2 N–H and O–H groups in total. The van der Waals surface area contributed by atoms with Crippen LogP contribution in [0, 0.1) is 0 Å². The van der Waals surface area contributed by atoms with Crippen molar-refractivity contribution in [3.63, 3.8) is 0 Å². The average molecular weight is 374 g/mol. The van der Waals surface area contributed by atoms with Crippen molar-refractivity contribution in [2.24, 2.45) is 5.14 Å². The molecule has 9 heteroatoms. The van der Waals surface area contributed by atoms with Crippen molar-refractivity contribution < 1.29 is 27.5 Å². The number of rotatable bonds is 2. The lowest BCUT2D eigenvalue weighted by Gasteiger charge is -2.21. The van der Waals surface area contributed by atoms with Crippen LogP contribution in [0.5, 0.6) is 5.75 Å². The van der Waals surface area contributed by atoms with Crippen molar-refractivity contribution in [1.82, 2.24) is 4.90 Å². The van der Waals surface area contributed by atoms with Gasteiger partial charge in [-0.1, -0.05) is 24.3 Å². The summed E-state index contributed by atoms with van der Waals surface area (Å²) in [6, 6.07) is 8.01. The van der Waals surface area contributed by atoms with E-state index in [1.54, 1.807) is 0 Å². The molecule has 3 rings (SSSR count). The van der Waals surface area contributed by atoms with E-state index in [0.29, 0.717) is 0 Å². The highest BCUT2D eigenvalue weighted by atomic mass is 32.2. The molecule has 8 nitrogen and oxygen atoms in total. The number of nitrogens with zero attached hydrogens (tertiary/aromatic N) is 1. The number of hydrogen-bond acceptors (Lipinski definition) is 6. The van der Waals surface area contributed by atoms with Crippen LogP contribution in [0.4, 0.5) is 4.79 Å². The van der Waals surface area contributed by atoms with Gasteiger partial charge in [-0.15, -0.1) is 0 Å². The van der Waals surface area contributed by atoms with E-state index in [2.05, 4.69) is 0 Å². The standard InChI is InChI=1S/C17H14N2O6S/c1-19(2)17(22)25-11-7-3-5-9-13(11)15(20)10-6-4-8-12(26(18,23)24)14(10)16(9)21/h3-8H,1-2H3,(H2,18,23,24). The van der Waals surface area contributed by atoms with Crippen LogP contribution in [-0.2, 0) is 10.0 Å². The largest absolute Gasteiger partial charge is 0.414 e. The Balaban J connectivity index is 2.24. The molecule has 0 saturated carbocycles. The number of ether oxygens (including phenoxy) is 1. The Labute approximate surface area is 149 Å². The van der Waals surface area contributed by atoms with Gasteiger partial charge in [0.15, 0.2) is 11.6 Å². The summed E-state index contributed by atoms with van der Waals surface area (Å²) in [6.07, 6.45) is -0.720. The minimum Gasteiger partial charge on any atom is -0.409 e. The zero-order valence-corrected chi connectivity index (χ0v) is 14.7. The van der Waals surface area contributed by atoms with E-state index in [9.17, 15) is 22.8 Å². The number of sulfonamides is 1. The molecule has 1 aliphatic rings. The Kier molecular flexibility index (Phi) is 4.13. The zero-order valence-electron chi connectivity index (χ0n) is 13.8. The highest BCUT2D eigenvalue weighted by Crippen LogP contribution is 2.35. The van der Waals surface area contributed by atoms with Gasteiger partial charge in [-0.05, 0) is 12.1 Å². The highest BCUT2D eigenvalue weighted by Gasteiger charge is 2.36. The van der Waals surface area contributed by atoms with Gasteiger partial charge in [0.25, 0.3) is 0 Å². The summed E-state index contributed by atoms with van der Waals surface area (Å²) in [6.45, 7) is 0. The van der Waals surface area contributed by atoms with Crippen LogP contribution in [0.3, 0.4) is 0 Å². The second-order valence-electron chi connectivity index (χ2n) is 5.82. The summed E-state index contributed by atoms with van der Waals surface area (Å²) in [5, 5.41) is 5.17. The molecule has 134 valence electrons. The molecule has 0 radical (unpaired) electrons. The molecule has 0 aromatic heterocycles. The second-order valence-corrected chi connectivity index (χ2v) is 7.35. The van der Waals surface area contributed by atoms with E-state index in [4.69, 9.17) is 9.88 Å². The lowest BCUT2D eigenvalue weighted by Crippen LogP contribution is -2.29. The molecule has 0 saturated heterocycles. The van der Waals surface area contributed by atoms with Crippen LogP contribution in [0.1, 0.15) is 31.8 Å². The van der Waals surface area contributed by atoms with E-state index in [-0.39, 0.29) is 28.0 Å². The third kappa shape index (κ3) is 2.76. The molecule has 0 atom stereocenters. The molecular weight excluding hydrogens is 360 g/mol. The molecule has 1 amide bonds. The summed E-state index contributed by atoms with van der Waals surface area (Å²) in [5.41, 5.74) is -0.527. The van der Waals surface area contributed by atoms with Gasteiger partial charge in [0.2, 0.25) is 10.0 Å². The molecule has 1 aliphatic carbocycles. The van der Waals surface area contributed by atoms with E-state index < -0.39 is 32.6 Å². The van der Waals surface area contributed by atoms with Gasteiger partial charge < -0.3 is 9.64 Å². The maximum atomic E-state index is 12.9. The van der Waals surface area contributed by atoms with Gasteiger partial charge in [0, 0.05) is 25.2 Å². The van der Waals surface area contributed by atoms with Crippen LogP contribution in [0.2, 0.25) is 0 Å². The lowest BCUT2D eigenvalue weighted by atomic mass is 9.83. The molecule has 2 aromatic carbocycles. The Hall–Kier alpha value is -3.04. The quantitative estimate of drug-likeness (QED) is 0.718. The summed E-state index contributed by atoms with van der Waals surface area (Å²) >= 11 is 0. The molecule has 0 bridgehead atoms. The summed E-state index contributed by atoms with van der Waals surface area (Å²) in [5.74, 6) is -1.38. The van der Waals surface area contributed by atoms with Gasteiger partial charge in [-0.25, -0.2) is 18.4 Å². The fraction of sp³-hybridized carbons (Fsp3) is 0.118. The summed E-state index contributed by atoms with van der Waals surface area (Å²) in [7, 11) is -1.27. The first-order chi connectivity index (χ1) is 12.1. The number of carbonyl (C=O) groups is 3. The van der Waals surface area contributed by atoms with Crippen molar-refractivity contribution in [3.05, 3.63) is 58.7 Å². The normalized spacial score (nSPS) is 13.0. The first kappa shape index (κ1) is 17.8. The number of benzene rings is 2. The van der Waals surface area contributed by atoms with Crippen LogP contribution in [0.15, 0.2) is 41.3 Å². The third-order valence-electron chi connectivity index (χ3n) is 3.86. The molecule has 2 aromatic rings. The number of primary sulfonamides is 1. The van der Waals surface area contributed by atoms with E-state index >= 15 is 0 Å². The second kappa shape index (κ2) is 6.04. The van der Waals surface area contributed by atoms with E-state index in [0.717, 1.165) is 0 Å². The van der Waals surface area contributed by atoms with Gasteiger partial charge in [0.1, 0.15) is 5.75 Å². The number of nitrogens with two attached hydrogens (primary N) is 1. The van der Waals surface area contributed by atoms with Crippen molar-refractivity contribution in [1.29, 1.82) is 0 Å². The van der Waals surface area contributed by atoms with E-state index in [1.165, 1.54) is 55.4 Å². The molecule has 0 fully saturated rings. The van der Waals surface area contributed by atoms with Crippen LogP contribution >= 0.6 is 0 Å². The number of carbonyl (C=O) groups excluding carboxylic acids is 3. The third-order valence-corrected chi connectivity index (χ3v) is 4.82. The predicted molar refractivity (Wildman–Crippen MR) is 90.8 cm³/mol. The fourth-order valence-corrected chi connectivity index (χ4v) is 3.44. The van der Waals surface area contributed by atoms with Gasteiger partial charge >= 0.3 is 6.09 Å². The molecule has 0 heterocycles. The van der Waals surface area contributed by atoms with Crippen molar-refractivity contribution in [2.45, 2.75) is 4.90 Å². The minimum atomic E-state index is -4.21. The average Bonchev–Trinajstić information content (AvgIpc) is 2.58. The van der Waals surface area contributed by atoms with Gasteiger partial charge in [-0.3, -0.25) is 9.59 Å². The fourth-order valence-electron chi connectivity index (χ4n) is 2.69. The van der Waals surface area contributed by atoms with Crippen LogP contribution < -0.4 is 9.88 Å². The minimum absolute atomic E-state index is 0.0531. The number of hydrogen-bond donors (Lipinski definition) is 1. The van der Waals surface area contributed by atoms with Gasteiger partial charge in [-0.2, -0.15) is 0 Å². The molecular formula is C17H14N2O6S. The molecule has 26 heavy (non-hydrogen) atoms. The van der Waals surface area contributed by atoms with Crippen molar-refractivity contribution in [3.8, 4) is 5.75 Å². The van der Waals surface area contributed by atoms with Gasteiger partial charge in [0.05, 0.1) is 16.0 Å². The number of ketones is 2. The topological polar surface area (TPSA) is 124 Å². The Bertz CT molecular complexity index is 1070. The molecule has 0 aliphatic heterocycles. The highest BCUT2D eigenvalue weighted by molar-refractivity contribution is 7.89. The zero-order chi connectivity index (χ0) is 19.2. The summed E-state index contributed by atoms with van der Waals surface area (Å²) < 4.78 is 28.8. The predicted octanol–water partition coefficient (Wildman–Crippen LogP) is 1.17. The first-order valence-electron chi connectivity index (χ1n) is 7.40. The van der Waals surface area contributed by atoms with E-state index in [1.807, 2.05) is 0 Å². The Morgan fingerprint density at radius 3 is 2.08 bits per heavy atom.